The molecule has 0 aliphatic carbocycles. The van der Waals surface area contributed by atoms with E-state index in [1.165, 1.54) is 10.5 Å². The largest absolute Gasteiger partial charge is 0.364 e. The van der Waals surface area contributed by atoms with Gasteiger partial charge in [0.05, 0.1) is 11.4 Å². The van der Waals surface area contributed by atoms with E-state index >= 15 is 0 Å². The van der Waals surface area contributed by atoms with Crippen molar-refractivity contribution in [3.8, 4) is 0 Å². The molecular formula is C20H32N2O3. The summed E-state index contributed by atoms with van der Waals surface area (Å²) < 4.78 is 0. The van der Waals surface area contributed by atoms with Crippen LogP contribution >= 0.6 is 0 Å². The highest BCUT2D eigenvalue weighted by atomic mass is 16.6. The van der Waals surface area contributed by atoms with Crippen molar-refractivity contribution in [2.45, 2.75) is 77.0 Å². The molecule has 3 N–H and O–H groups in total. The van der Waals surface area contributed by atoms with E-state index in [9.17, 15) is 15.3 Å². The molecule has 0 spiro atoms. The zero-order valence-corrected chi connectivity index (χ0v) is 16.2. The van der Waals surface area contributed by atoms with Gasteiger partial charge < -0.3 is 25.1 Å². The second-order valence-electron chi connectivity index (χ2n) is 8.19. The molecule has 5 nitrogen and oxygen atoms in total. The monoisotopic (exact) mass is 348 g/mol. The minimum Gasteiger partial charge on any atom is -0.364 e. The van der Waals surface area contributed by atoms with Gasteiger partial charge in [0.15, 0.2) is 0 Å². The Balaban J connectivity index is 2.39. The van der Waals surface area contributed by atoms with Crippen LogP contribution in [-0.4, -0.2) is 39.5 Å². The lowest BCUT2D eigenvalue weighted by Crippen LogP contribution is -2.78. The summed E-state index contributed by atoms with van der Waals surface area (Å²) >= 11 is 0. The molecule has 2 heterocycles. The van der Waals surface area contributed by atoms with Gasteiger partial charge >= 0.3 is 0 Å². The number of rotatable bonds is 4. The summed E-state index contributed by atoms with van der Waals surface area (Å²) in [6.07, 6.45) is 2.76. The van der Waals surface area contributed by atoms with Gasteiger partial charge in [-0.25, -0.2) is 0 Å². The van der Waals surface area contributed by atoms with Crippen molar-refractivity contribution >= 4 is 11.4 Å². The average molecular weight is 348 g/mol. The van der Waals surface area contributed by atoms with Crippen molar-refractivity contribution in [1.29, 1.82) is 0 Å². The topological polar surface area (TPSA) is 67.2 Å². The van der Waals surface area contributed by atoms with Crippen LogP contribution in [0.3, 0.4) is 0 Å². The summed E-state index contributed by atoms with van der Waals surface area (Å²) in [4.78, 5) is 3.35. The van der Waals surface area contributed by atoms with Crippen LogP contribution in [0.15, 0.2) is 18.2 Å². The molecule has 2 aliphatic heterocycles. The third-order valence-corrected chi connectivity index (χ3v) is 6.54. The molecular weight excluding hydrogens is 316 g/mol. The predicted molar refractivity (Wildman–Crippen MR) is 101 cm³/mol. The predicted octanol–water partition coefficient (Wildman–Crippen LogP) is 2.99. The Morgan fingerprint density at radius 1 is 1.16 bits per heavy atom. The quantitative estimate of drug-likeness (QED) is 0.730. The van der Waals surface area contributed by atoms with Gasteiger partial charge in [0.1, 0.15) is 0 Å². The Kier molecular flexibility index (Phi) is 4.14. The van der Waals surface area contributed by atoms with Crippen LogP contribution < -0.4 is 9.80 Å². The molecule has 1 aromatic carbocycles. The van der Waals surface area contributed by atoms with Crippen molar-refractivity contribution in [3.05, 3.63) is 23.8 Å². The van der Waals surface area contributed by atoms with E-state index in [4.69, 9.17) is 0 Å². The zero-order chi connectivity index (χ0) is 18.8. The third-order valence-electron chi connectivity index (χ3n) is 6.54. The van der Waals surface area contributed by atoms with E-state index in [0.29, 0.717) is 0 Å². The Labute approximate surface area is 150 Å². The van der Waals surface area contributed by atoms with Gasteiger partial charge in [-0.05, 0) is 31.4 Å². The van der Waals surface area contributed by atoms with Crippen molar-refractivity contribution in [1.82, 2.24) is 0 Å². The summed E-state index contributed by atoms with van der Waals surface area (Å²) in [5.41, 5.74) is 0.712. The van der Waals surface area contributed by atoms with Crippen molar-refractivity contribution in [2.75, 3.05) is 16.8 Å². The van der Waals surface area contributed by atoms with E-state index in [1.807, 2.05) is 30.9 Å². The first-order valence-electron chi connectivity index (χ1n) is 9.43. The van der Waals surface area contributed by atoms with Crippen LogP contribution in [0, 0.1) is 5.92 Å². The Bertz CT molecular complexity index is 675. The van der Waals surface area contributed by atoms with Crippen LogP contribution in [0.2, 0.25) is 0 Å². The maximum Gasteiger partial charge on any atom is 0.297 e. The summed E-state index contributed by atoms with van der Waals surface area (Å²) in [6.45, 7) is 10.1. The number of benzene rings is 1. The SMILES string of the molecule is CCCC1(C)[C@@H](CC)c2cccc3c2N1C(O)(C(C)C)C(O)(O)N3C. The molecule has 2 unspecified atom stereocenters. The molecule has 0 saturated carbocycles. The number of anilines is 2. The van der Waals surface area contributed by atoms with Crippen LogP contribution in [0.1, 0.15) is 65.4 Å². The number of hydrogen-bond acceptors (Lipinski definition) is 5. The minimum absolute atomic E-state index is 0.231. The van der Waals surface area contributed by atoms with Gasteiger partial charge in [0.25, 0.3) is 5.91 Å². The highest BCUT2D eigenvalue weighted by Crippen LogP contribution is 2.62. The first kappa shape index (κ1) is 18.5. The van der Waals surface area contributed by atoms with Gasteiger partial charge in [0.2, 0.25) is 5.72 Å². The fourth-order valence-electron chi connectivity index (χ4n) is 5.31. The lowest BCUT2D eigenvalue weighted by atomic mass is 9.77. The van der Waals surface area contributed by atoms with Gasteiger partial charge in [-0.15, -0.1) is 0 Å². The molecule has 25 heavy (non-hydrogen) atoms. The van der Waals surface area contributed by atoms with Crippen LogP contribution in [0.25, 0.3) is 0 Å². The summed E-state index contributed by atoms with van der Waals surface area (Å²) in [5.74, 6) is -2.53. The highest BCUT2D eigenvalue weighted by molar-refractivity contribution is 5.83. The van der Waals surface area contributed by atoms with E-state index < -0.39 is 11.6 Å². The van der Waals surface area contributed by atoms with Crippen molar-refractivity contribution in [2.24, 2.45) is 5.92 Å². The van der Waals surface area contributed by atoms with Crippen molar-refractivity contribution < 1.29 is 15.3 Å². The lowest BCUT2D eigenvalue weighted by Gasteiger charge is -2.60. The molecule has 0 saturated heterocycles. The first-order valence-corrected chi connectivity index (χ1v) is 9.43. The molecule has 1 aromatic rings. The smallest absolute Gasteiger partial charge is 0.297 e. The molecule has 2 aliphatic rings. The van der Waals surface area contributed by atoms with E-state index in [1.54, 1.807) is 7.05 Å². The number of aliphatic hydroxyl groups is 3. The standard InChI is InChI=1S/C20H32N2O3/c1-7-12-18(5)15(8-2)14-10-9-11-16-17(14)22(18)19(23,13(3)4)20(24,25)21(16)6/h9-11,13,15,23-25H,7-8,12H2,1-6H3/t15-,18?,19?/m0/s1. The molecule has 3 atom stereocenters. The Morgan fingerprint density at radius 2 is 1.80 bits per heavy atom. The molecule has 0 aromatic heterocycles. The van der Waals surface area contributed by atoms with Gasteiger partial charge in [-0.1, -0.05) is 46.2 Å². The van der Waals surface area contributed by atoms with Crippen LogP contribution in [-0.2, 0) is 0 Å². The van der Waals surface area contributed by atoms with Gasteiger partial charge in [0, 0.05) is 24.4 Å². The number of para-hydroxylation sites is 1. The maximum atomic E-state index is 11.7. The van der Waals surface area contributed by atoms with Gasteiger partial charge in [-0.3, -0.25) is 0 Å². The molecule has 0 radical (unpaired) electrons. The number of nitrogens with zero attached hydrogens (tertiary/aromatic N) is 2. The summed E-state index contributed by atoms with van der Waals surface area (Å²) in [5, 5.41) is 33.9. The van der Waals surface area contributed by atoms with E-state index in [0.717, 1.165) is 30.6 Å². The second-order valence-corrected chi connectivity index (χ2v) is 8.19. The number of hydrogen-bond donors (Lipinski definition) is 3. The Hall–Kier alpha value is -1.30. The zero-order valence-electron chi connectivity index (χ0n) is 16.2. The molecule has 0 bridgehead atoms. The fourth-order valence-corrected chi connectivity index (χ4v) is 5.31. The summed E-state index contributed by atoms with van der Waals surface area (Å²) in [6, 6.07) is 5.99. The van der Waals surface area contributed by atoms with E-state index in [-0.39, 0.29) is 17.4 Å². The second kappa shape index (κ2) is 5.60. The average Bonchev–Trinajstić information content (AvgIpc) is 2.79. The number of likely N-dealkylation sites (N-methyl/N-ethyl adjacent to an activating group) is 1. The van der Waals surface area contributed by atoms with Crippen LogP contribution in [0.5, 0.6) is 0 Å². The fraction of sp³-hybridized carbons (Fsp3) is 0.700. The van der Waals surface area contributed by atoms with Crippen molar-refractivity contribution in [3.63, 3.8) is 0 Å². The third kappa shape index (κ3) is 2.00. The van der Waals surface area contributed by atoms with Crippen LogP contribution in [0.4, 0.5) is 11.4 Å². The lowest BCUT2D eigenvalue weighted by molar-refractivity contribution is -0.293. The summed E-state index contributed by atoms with van der Waals surface area (Å²) in [7, 11) is 1.64. The first-order chi connectivity index (χ1) is 11.6. The molecule has 0 fully saturated rings. The molecule has 3 rings (SSSR count). The minimum atomic E-state index is -2.38. The van der Waals surface area contributed by atoms with E-state index in [2.05, 4.69) is 26.8 Å². The van der Waals surface area contributed by atoms with Gasteiger partial charge in [-0.2, -0.15) is 0 Å². The highest BCUT2D eigenvalue weighted by Gasteiger charge is 2.68. The molecule has 0 amide bonds. The molecule has 5 heteroatoms. The maximum absolute atomic E-state index is 11.7. The molecule has 140 valence electrons. The Morgan fingerprint density at radius 3 is 2.32 bits per heavy atom. The normalized spacial score (nSPS) is 33.1.